The van der Waals surface area contributed by atoms with E-state index >= 15 is 0 Å². The van der Waals surface area contributed by atoms with Gasteiger partial charge < -0.3 is 15.6 Å². The third-order valence-corrected chi connectivity index (χ3v) is 3.51. The fourth-order valence-corrected chi connectivity index (χ4v) is 2.47. The number of benzene rings is 1. The van der Waals surface area contributed by atoms with Crippen molar-refractivity contribution in [2.75, 3.05) is 0 Å². The first-order chi connectivity index (χ1) is 12.0. The number of nitrogens with zero attached hydrogens (tertiary/aromatic N) is 2. The van der Waals surface area contributed by atoms with E-state index in [9.17, 15) is 19.2 Å². The minimum atomic E-state index is -1.25. The van der Waals surface area contributed by atoms with Crippen LogP contribution in [0.25, 0.3) is 10.9 Å². The Kier molecular flexibility index (Phi) is 5.31. The van der Waals surface area contributed by atoms with Crippen molar-refractivity contribution in [2.45, 2.75) is 45.5 Å². The zero-order valence-electron chi connectivity index (χ0n) is 14.8. The molecule has 1 atom stereocenters. The van der Waals surface area contributed by atoms with Crippen LogP contribution in [0.3, 0.4) is 0 Å². The van der Waals surface area contributed by atoms with E-state index in [1.54, 1.807) is 32.9 Å². The Morgan fingerprint density at radius 1 is 1.19 bits per heavy atom. The number of carbonyl (C=O) groups is 2. The number of carbonyl (C=O) groups excluding carboxylic acids is 1. The molecule has 0 amide bonds. The number of para-hydroxylation sites is 1. The monoisotopic (exact) mass is 363 g/mol. The average Bonchev–Trinajstić information content (AvgIpc) is 2.53. The van der Waals surface area contributed by atoms with Gasteiger partial charge in [-0.15, -0.1) is 0 Å². The lowest BCUT2D eigenvalue weighted by Crippen LogP contribution is -2.48. The molecular formula is C17H21N3O6. The van der Waals surface area contributed by atoms with E-state index in [1.165, 1.54) is 12.1 Å². The van der Waals surface area contributed by atoms with Crippen LogP contribution in [0.5, 0.6) is 0 Å². The van der Waals surface area contributed by atoms with Gasteiger partial charge in [0.2, 0.25) is 0 Å². The summed E-state index contributed by atoms with van der Waals surface area (Å²) in [5.41, 5.74) is 3.72. The van der Waals surface area contributed by atoms with Gasteiger partial charge in [-0.3, -0.25) is 23.5 Å². The van der Waals surface area contributed by atoms with Crippen molar-refractivity contribution in [3.63, 3.8) is 0 Å². The Labute approximate surface area is 148 Å². The minimum Gasteiger partial charge on any atom is -0.480 e. The molecule has 0 fully saturated rings. The van der Waals surface area contributed by atoms with Crippen LogP contribution in [0.4, 0.5) is 0 Å². The van der Waals surface area contributed by atoms with Crippen LogP contribution in [0.2, 0.25) is 0 Å². The van der Waals surface area contributed by atoms with E-state index in [0.29, 0.717) is 0 Å². The molecule has 1 heterocycles. The Morgan fingerprint density at radius 3 is 2.38 bits per heavy atom. The van der Waals surface area contributed by atoms with Gasteiger partial charge in [-0.25, -0.2) is 4.79 Å². The van der Waals surface area contributed by atoms with Gasteiger partial charge in [0.05, 0.1) is 17.4 Å². The van der Waals surface area contributed by atoms with Crippen molar-refractivity contribution in [3.05, 3.63) is 45.1 Å². The zero-order valence-corrected chi connectivity index (χ0v) is 14.8. The van der Waals surface area contributed by atoms with Gasteiger partial charge in [0.25, 0.3) is 5.56 Å². The molecule has 1 aromatic heterocycles. The van der Waals surface area contributed by atoms with E-state index in [-0.39, 0.29) is 10.9 Å². The molecule has 0 aliphatic rings. The molecular weight excluding hydrogens is 342 g/mol. The maximum atomic E-state index is 12.6. The smallest absolute Gasteiger partial charge is 0.332 e. The number of nitrogens with two attached hydrogens (primary N) is 1. The molecule has 9 nitrogen and oxygen atoms in total. The van der Waals surface area contributed by atoms with Crippen molar-refractivity contribution in [2.24, 2.45) is 5.73 Å². The van der Waals surface area contributed by atoms with E-state index in [1.807, 2.05) is 0 Å². The molecule has 0 saturated heterocycles. The highest BCUT2D eigenvalue weighted by Gasteiger charge is 2.24. The Balaban J connectivity index is 2.54. The largest absolute Gasteiger partial charge is 0.480 e. The van der Waals surface area contributed by atoms with Gasteiger partial charge in [0.15, 0.2) is 0 Å². The molecule has 3 N–H and O–H groups in total. The molecule has 0 radical (unpaired) electrons. The molecule has 140 valence electrons. The second-order valence-corrected chi connectivity index (χ2v) is 6.84. The fourth-order valence-electron chi connectivity index (χ4n) is 2.47. The third kappa shape index (κ3) is 4.17. The maximum Gasteiger partial charge on any atom is 0.332 e. The second kappa shape index (κ2) is 7.12. The summed E-state index contributed by atoms with van der Waals surface area (Å²) in [6, 6.07) is 4.90. The van der Waals surface area contributed by atoms with Crippen LogP contribution >= 0.6 is 0 Å². The Morgan fingerprint density at radius 2 is 1.81 bits per heavy atom. The summed E-state index contributed by atoms with van der Waals surface area (Å²) in [7, 11) is 0. The highest BCUT2D eigenvalue weighted by Crippen LogP contribution is 2.09. The molecule has 0 spiro atoms. The average molecular weight is 363 g/mol. The number of aromatic nitrogens is 2. The maximum absolute atomic E-state index is 12.6. The number of hydrogen-bond acceptors (Lipinski definition) is 6. The topological polar surface area (TPSA) is 134 Å². The van der Waals surface area contributed by atoms with Crippen LogP contribution in [0.1, 0.15) is 20.8 Å². The molecule has 0 aliphatic heterocycles. The van der Waals surface area contributed by atoms with Crippen LogP contribution in [0.15, 0.2) is 33.9 Å². The number of hydrogen-bond donors (Lipinski definition) is 2. The summed E-state index contributed by atoms with van der Waals surface area (Å²) in [6.45, 7) is 3.96. The van der Waals surface area contributed by atoms with Crippen molar-refractivity contribution in [1.29, 1.82) is 0 Å². The SMILES string of the molecule is CC(C)(C)OC(=O)C(N)Cn1c(=O)c2ccccc2n(CC(=O)O)c1=O. The first-order valence-corrected chi connectivity index (χ1v) is 7.94. The number of rotatable bonds is 5. The summed E-state index contributed by atoms with van der Waals surface area (Å²) in [4.78, 5) is 48.4. The number of carboxylic acid groups (broad SMARTS) is 1. The Bertz CT molecular complexity index is 967. The van der Waals surface area contributed by atoms with E-state index in [0.717, 1.165) is 9.13 Å². The highest BCUT2D eigenvalue weighted by atomic mass is 16.6. The molecule has 0 aliphatic carbocycles. The third-order valence-electron chi connectivity index (χ3n) is 3.51. The number of fused-ring (bicyclic) bond motifs is 1. The zero-order chi connectivity index (χ0) is 19.6. The number of ether oxygens (including phenoxy) is 1. The van der Waals surface area contributed by atoms with Gasteiger partial charge >= 0.3 is 17.6 Å². The van der Waals surface area contributed by atoms with Crippen LogP contribution in [0, 0.1) is 0 Å². The van der Waals surface area contributed by atoms with Crippen LogP contribution < -0.4 is 17.0 Å². The molecule has 2 rings (SSSR count). The number of esters is 1. The molecule has 2 aromatic rings. The highest BCUT2D eigenvalue weighted by molar-refractivity contribution is 5.80. The van der Waals surface area contributed by atoms with Crippen molar-refractivity contribution in [1.82, 2.24) is 9.13 Å². The summed E-state index contributed by atoms with van der Waals surface area (Å²) in [5, 5.41) is 9.22. The Hall–Kier alpha value is -2.94. The molecule has 1 unspecified atom stereocenters. The number of carboxylic acids is 1. The summed E-state index contributed by atoms with van der Waals surface area (Å²) >= 11 is 0. The van der Waals surface area contributed by atoms with Gasteiger partial charge in [0.1, 0.15) is 18.2 Å². The normalized spacial score (nSPS) is 12.8. The van der Waals surface area contributed by atoms with Crippen LogP contribution in [-0.4, -0.2) is 37.8 Å². The molecule has 0 saturated carbocycles. The standard InChI is InChI=1S/C17H21N3O6/c1-17(2,3)26-15(24)11(18)8-20-14(23)10-6-4-5-7-12(10)19(16(20)25)9-13(21)22/h4-7,11H,8-9,18H2,1-3H3,(H,21,22). The predicted molar refractivity (Wildman–Crippen MR) is 93.9 cm³/mol. The lowest BCUT2D eigenvalue weighted by atomic mass is 10.2. The van der Waals surface area contributed by atoms with Gasteiger partial charge in [0, 0.05) is 0 Å². The summed E-state index contributed by atoms with van der Waals surface area (Å²) < 4.78 is 6.87. The summed E-state index contributed by atoms with van der Waals surface area (Å²) in [6.07, 6.45) is 0. The predicted octanol–water partition coefficient (Wildman–Crippen LogP) is -0.0832. The fraction of sp³-hybridized carbons (Fsp3) is 0.412. The van der Waals surface area contributed by atoms with Crippen molar-refractivity contribution in [3.8, 4) is 0 Å². The second-order valence-electron chi connectivity index (χ2n) is 6.84. The van der Waals surface area contributed by atoms with E-state index in [4.69, 9.17) is 15.6 Å². The van der Waals surface area contributed by atoms with E-state index in [2.05, 4.69) is 0 Å². The lowest BCUT2D eigenvalue weighted by Gasteiger charge is -2.22. The lowest BCUT2D eigenvalue weighted by molar-refractivity contribution is -0.156. The van der Waals surface area contributed by atoms with Crippen LogP contribution in [-0.2, 0) is 27.4 Å². The minimum absolute atomic E-state index is 0.157. The van der Waals surface area contributed by atoms with E-state index < -0.39 is 47.9 Å². The molecule has 26 heavy (non-hydrogen) atoms. The summed E-state index contributed by atoms with van der Waals surface area (Å²) in [5.74, 6) is -2.00. The van der Waals surface area contributed by atoms with Gasteiger partial charge in [-0.1, -0.05) is 12.1 Å². The molecule has 0 bridgehead atoms. The molecule has 9 heteroatoms. The number of aliphatic carboxylic acids is 1. The van der Waals surface area contributed by atoms with Crippen molar-refractivity contribution < 1.29 is 19.4 Å². The quantitative estimate of drug-likeness (QED) is 0.710. The first kappa shape index (κ1) is 19.4. The molecule has 1 aromatic carbocycles. The van der Waals surface area contributed by atoms with Gasteiger partial charge in [-0.05, 0) is 32.9 Å². The van der Waals surface area contributed by atoms with Crippen molar-refractivity contribution >= 4 is 22.8 Å². The van der Waals surface area contributed by atoms with Gasteiger partial charge in [-0.2, -0.15) is 0 Å². The first-order valence-electron chi connectivity index (χ1n) is 7.94.